The van der Waals surface area contributed by atoms with Gasteiger partial charge < -0.3 is 5.11 Å². The largest absolute Gasteiger partial charge is 0.481 e. The van der Waals surface area contributed by atoms with Gasteiger partial charge in [-0.3, -0.25) is 19.8 Å². The fourth-order valence-corrected chi connectivity index (χ4v) is 2.16. The summed E-state index contributed by atoms with van der Waals surface area (Å²) in [5.41, 5.74) is 2.13. The number of carboxylic acids is 1. The molecule has 0 fully saturated rings. The highest BCUT2D eigenvalue weighted by Gasteiger charge is 2.16. The molecular formula is C12H11BrN2O3. The molecule has 6 heteroatoms. The van der Waals surface area contributed by atoms with E-state index in [4.69, 9.17) is 5.11 Å². The number of H-pyrrole nitrogens is 2. The molecule has 0 unspecified atom stereocenters. The van der Waals surface area contributed by atoms with E-state index >= 15 is 0 Å². The van der Waals surface area contributed by atoms with Crippen LogP contribution in [0.15, 0.2) is 27.5 Å². The predicted molar refractivity (Wildman–Crippen MR) is 70.6 cm³/mol. The quantitative estimate of drug-likeness (QED) is 0.811. The van der Waals surface area contributed by atoms with Crippen molar-refractivity contribution < 1.29 is 9.90 Å². The Morgan fingerprint density at radius 2 is 2.11 bits per heavy atom. The number of aryl methyl sites for hydroxylation is 1. The number of carbonyl (C=O) groups is 1. The molecule has 94 valence electrons. The first-order chi connectivity index (χ1) is 8.49. The molecule has 18 heavy (non-hydrogen) atoms. The Morgan fingerprint density at radius 1 is 1.39 bits per heavy atom. The van der Waals surface area contributed by atoms with Gasteiger partial charge in [0, 0.05) is 10.0 Å². The van der Waals surface area contributed by atoms with Crippen LogP contribution in [0.3, 0.4) is 0 Å². The summed E-state index contributed by atoms with van der Waals surface area (Å²) in [4.78, 5) is 22.4. The second-order valence-electron chi connectivity index (χ2n) is 3.96. The summed E-state index contributed by atoms with van der Waals surface area (Å²) in [5.74, 6) is -1.03. The molecule has 2 aromatic rings. The van der Waals surface area contributed by atoms with Crippen LogP contribution in [0.25, 0.3) is 11.3 Å². The van der Waals surface area contributed by atoms with E-state index in [2.05, 4.69) is 26.1 Å². The highest BCUT2D eigenvalue weighted by Crippen LogP contribution is 2.26. The van der Waals surface area contributed by atoms with Crippen molar-refractivity contribution in [2.24, 2.45) is 0 Å². The average molecular weight is 311 g/mol. The maximum atomic E-state index is 11.6. The van der Waals surface area contributed by atoms with Gasteiger partial charge in [-0.25, -0.2) is 0 Å². The molecule has 5 nitrogen and oxygen atoms in total. The molecule has 0 aliphatic rings. The summed E-state index contributed by atoms with van der Waals surface area (Å²) in [6.45, 7) is 1.90. The topological polar surface area (TPSA) is 86.0 Å². The fourth-order valence-electron chi connectivity index (χ4n) is 1.80. The van der Waals surface area contributed by atoms with E-state index in [1.165, 1.54) is 0 Å². The van der Waals surface area contributed by atoms with Crippen LogP contribution in [-0.4, -0.2) is 21.3 Å². The zero-order valence-electron chi connectivity index (χ0n) is 9.58. The van der Waals surface area contributed by atoms with Gasteiger partial charge in [-0.1, -0.05) is 22.0 Å². The molecule has 2 rings (SSSR count). The summed E-state index contributed by atoms with van der Waals surface area (Å²) in [6.07, 6.45) is -0.305. The minimum Gasteiger partial charge on any atom is -0.481 e. The Morgan fingerprint density at radius 3 is 2.78 bits per heavy atom. The Hall–Kier alpha value is -1.82. The number of aromatic amines is 2. The second-order valence-corrected chi connectivity index (χ2v) is 4.88. The van der Waals surface area contributed by atoms with E-state index in [1.54, 1.807) is 0 Å². The van der Waals surface area contributed by atoms with E-state index in [0.29, 0.717) is 5.69 Å². The van der Waals surface area contributed by atoms with Gasteiger partial charge in [0.05, 0.1) is 17.7 Å². The third-order valence-corrected chi connectivity index (χ3v) is 3.17. The molecule has 0 atom stereocenters. The first kappa shape index (κ1) is 12.6. The van der Waals surface area contributed by atoms with Crippen molar-refractivity contribution in [1.82, 2.24) is 10.2 Å². The first-order valence-electron chi connectivity index (χ1n) is 5.27. The molecular weight excluding hydrogens is 300 g/mol. The number of halogens is 1. The SMILES string of the molecule is Cc1ccc(Br)cc1-c1[nH][nH]c(=O)c1CC(=O)O. The molecule has 3 N–H and O–H groups in total. The number of hydrogen-bond acceptors (Lipinski definition) is 2. The molecule has 1 aromatic heterocycles. The molecule has 0 aliphatic heterocycles. The summed E-state index contributed by atoms with van der Waals surface area (Å²) in [6, 6.07) is 5.63. The van der Waals surface area contributed by atoms with Crippen LogP contribution in [0, 0.1) is 6.92 Å². The standard InChI is InChI=1S/C12H11BrN2O3/c1-6-2-3-7(13)4-8(6)11-9(5-10(16)17)12(18)15-14-11/h2-4H,5H2,1H3,(H,16,17)(H2,14,15,18). The lowest BCUT2D eigenvalue weighted by Gasteiger charge is -2.06. The van der Waals surface area contributed by atoms with Crippen LogP contribution >= 0.6 is 15.9 Å². The van der Waals surface area contributed by atoms with Crippen molar-refractivity contribution in [1.29, 1.82) is 0 Å². The van der Waals surface area contributed by atoms with Crippen LogP contribution in [0.2, 0.25) is 0 Å². The molecule has 1 aromatic carbocycles. The summed E-state index contributed by atoms with van der Waals surface area (Å²) in [7, 11) is 0. The van der Waals surface area contributed by atoms with Gasteiger partial charge in [-0.15, -0.1) is 0 Å². The van der Waals surface area contributed by atoms with Crippen molar-refractivity contribution in [2.45, 2.75) is 13.3 Å². The first-order valence-corrected chi connectivity index (χ1v) is 6.06. The zero-order valence-corrected chi connectivity index (χ0v) is 11.2. The minimum atomic E-state index is -1.03. The lowest BCUT2D eigenvalue weighted by Crippen LogP contribution is -2.11. The van der Waals surface area contributed by atoms with E-state index in [-0.39, 0.29) is 12.0 Å². The van der Waals surface area contributed by atoms with Gasteiger partial charge in [0.1, 0.15) is 0 Å². The zero-order chi connectivity index (χ0) is 13.3. The van der Waals surface area contributed by atoms with Gasteiger partial charge in [0.15, 0.2) is 0 Å². The molecule has 0 saturated heterocycles. The van der Waals surface area contributed by atoms with Crippen molar-refractivity contribution >= 4 is 21.9 Å². The molecule has 0 bridgehead atoms. The molecule has 0 radical (unpaired) electrons. The van der Waals surface area contributed by atoms with Crippen molar-refractivity contribution in [3.05, 3.63) is 44.2 Å². The van der Waals surface area contributed by atoms with Gasteiger partial charge in [-0.2, -0.15) is 0 Å². The minimum absolute atomic E-state index is 0.240. The molecule has 1 heterocycles. The number of carboxylic acid groups (broad SMARTS) is 1. The number of nitrogens with one attached hydrogen (secondary N) is 2. The summed E-state index contributed by atoms with van der Waals surface area (Å²) < 4.78 is 0.867. The molecule has 0 saturated carbocycles. The van der Waals surface area contributed by atoms with Crippen molar-refractivity contribution in [3.63, 3.8) is 0 Å². The van der Waals surface area contributed by atoms with Crippen molar-refractivity contribution in [3.8, 4) is 11.3 Å². The van der Waals surface area contributed by atoms with Crippen molar-refractivity contribution in [2.75, 3.05) is 0 Å². The maximum Gasteiger partial charge on any atom is 0.308 e. The Labute approximate surface area is 111 Å². The third kappa shape index (κ3) is 2.38. The Kier molecular flexibility index (Phi) is 3.38. The van der Waals surface area contributed by atoms with Crippen LogP contribution in [0.5, 0.6) is 0 Å². The highest BCUT2D eigenvalue weighted by molar-refractivity contribution is 9.10. The number of benzene rings is 1. The lowest BCUT2D eigenvalue weighted by molar-refractivity contribution is -0.136. The third-order valence-electron chi connectivity index (χ3n) is 2.67. The maximum absolute atomic E-state index is 11.6. The van der Waals surface area contributed by atoms with E-state index in [0.717, 1.165) is 15.6 Å². The second kappa shape index (κ2) is 4.81. The monoisotopic (exact) mass is 310 g/mol. The van der Waals surface area contributed by atoms with Gasteiger partial charge in [-0.05, 0) is 24.6 Å². The van der Waals surface area contributed by atoms with Crippen LogP contribution in [0.1, 0.15) is 11.1 Å². The lowest BCUT2D eigenvalue weighted by atomic mass is 10.0. The van der Waals surface area contributed by atoms with Crippen LogP contribution in [-0.2, 0) is 11.2 Å². The van der Waals surface area contributed by atoms with Crippen LogP contribution < -0.4 is 5.56 Å². The van der Waals surface area contributed by atoms with Gasteiger partial charge in [0.2, 0.25) is 0 Å². The molecule has 0 spiro atoms. The number of rotatable bonds is 3. The van der Waals surface area contributed by atoms with Gasteiger partial charge >= 0.3 is 5.97 Å². The number of aliphatic carboxylic acids is 1. The predicted octanol–water partition coefficient (Wildman–Crippen LogP) is 2.07. The smallest absolute Gasteiger partial charge is 0.308 e. The Balaban J connectivity index is 2.60. The van der Waals surface area contributed by atoms with Gasteiger partial charge in [0.25, 0.3) is 5.56 Å². The summed E-state index contributed by atoms with van der Waals surface area (Å²) >= 11 is 3.36. The van der Waals surface area contributed by atoms with E-state index in [1.807, 2.05) is 25.1 Å². The van der Waals surface area contributed by atoms with Crippen LogP contribution in [0.4, 0.5) is 0 Å². The number of aromatic nitrogens is 2. The van der Waals surface area contributed by atoms with E-state index in [9.17, 15) is 9.59 Å². The van der Waals surface area contributed by atoms with E-state index < -0.39 is 11.5 Å². The fraction of sp³-hybridized carbons (Fsp3) is 0.167. The molecule has 0 amide bonds. The number of hydrogen-bond donors (Lipinski definition) is 3. The molecule has 0 aliphatic carbocycles. The normalized spacial score (nSPS) is 10.6. The highest BCUT2D eigenvalue weighted by atomic mass is 79.9. The Bertz CT molecular complexity index is 658. The summed E-state index contributed by atoms with van der Waals surface area (Å²) in [5, 5.41) is 14.0. The average Bonchev–Trinajstić information content (AvgIpc) is 2.64.